The van der Waals surface area contributed by atoms with Crippen LogP contribution < -0.4 is 0 Å². The van der Waals surface area contributed by atoms with E-state index in [1.807, 2.05) is 0 Å². The Bertz CT molecular complexity index is 149. The number of carbonyl (C=O) groups is 1. The van der Waals surface area contributed by atoms with Crippen molar-refractivity contribution in [2.45, 2.75) is 19.3 Å². The first-order chi connectivity index (χ1) is 4.86. The van der Waals surface area contributed by atoms with Crippen molar-refractivity contribution in [3.8, 4) is 0 Å². The zero-order chi connectivity index (χ0) is 6.97. The van der Waals surface area contributed by atoms with Gasteiger partial charge in [0.25, 0.3) is 0 Å². The summed E-state index contributed by atoms with van der Waals surface area (Å²) in [6.07, 6.45) is 3.77. The molecule has 1 aliphatic carbocycles. The highest BCUT2D eigenvalue weighted by molar-refractivity contribution is 5.83. The molecule has 2 nitrogen and oxygen atoms in total. The molecule has 0 aromatic rings. The number of ether oxygens (including phenoxy) is 1. The first kappa shape index (κ1) is 6.35. The maximum Gasteiger partial charge on any atom is 0.163 e. The molecule has 0 aromatic heterocycles. The first-order valence-electron chi connectivity index (χ1n) is 3.96. The van der Waals surface area contributed by atoms with Crippen LogP contribution in [0.1, 0.15) is 19.3 Å². The molecule has 0 amide bonds. The second kappa shape index (κ2) is 2.35. The van der Waals surface area contributed by atoms with Gasteiger partial charge >= 0.3 is 0 Å². The summed E-state index contributed by atoms with van der Waals surface area (Å²) in [5, 5.41) is 0. The molecule has 1 saturated heterocycles. The first-order valence-corrected chi connectivity index (χ1v) is 3.96. The van der Waals surface area contributed by atoms with Crippen LogP contribution in [0, 0.1) is 11.8 Å². The number of Topliss-reactive ketones (excluding diaryl/α,β-unsaturated/α-hetero) is 1. The van der Waals surface area contributed by atoms with Gasteiger partial charge in [-0.1, -0.05) is 12.8 Å². The topological polar surface area (TPSA) is 26.3 Å². The van der Waals surface area contributed by atoms with Crippen molar-refractivity contribution in [3.63, 3.8) is 0 Å². The predicted octanol–water partition coefficient (Wildman–Crippen LogP) is 1.00. The number of hydrogen-bond donors (Lipinski definition) is 0. The second-order valence-electron chi connectivity index (χ2n) is 3.36. The third kappa shape index (κ3) is 1.21. The highest BCUT2D eigenvalue weighted by Gasteiger charge is 2.32. The fraction of sp³-hybridized carbons (Fsp3) is 0.875. The maximum atomic E-state index is 11.0. The second-order valence-corrected chi connectivity index (χ2v) is 3.36. The molecular weight excluding hydrogens is 128 g/mol. The predicted molar refractivity (Wildman–Crippen MR) is 36.7 cm³/mol. The monoisotopic (exact) mass is 140 g/mol. The molecule has 1 unspecified atom stereocenters. The molecule has 2 fully saturated rings. The molecule has 10 heavy (non-hydrogen) atoms. The molecule has 0 radical (unpaired) electrons. The molecule has 1 atom stereocenters. The molecule has 2 aliphatic rings. The minimum absolute atomic E-state index is 0.257. The lowest BCUT2D eigenvalue weighted by Crippen LogP contribution is -2.11. The molecule has 0 aromatic carbocycles. The number of hydrogen-bond acceptors (Lipinski definition) is 2. The number of carbonyl (C=O) groups excluding carboxylic acids is 1. The summed E-state index contributed by atoms with van der Waals surface area (Å²) >= 11 is 0. The van der Waals surface area contributed by atoms with Crippen molar-refractivity contribution in [2.75, 3.05) is 13.2 Å². The Kier molecular flexibility index (Phi) is 1.49. The van der Waals surface area contributed by atoms with Crippen LogP contribution in [0.3, 0.4) is 0 Å². The van der Waals surface area contributed by atoms with Gasteiger partial charge in [0, 0.05) is 5.92 Å². The quantitative estimate of drug-likeness (QED) is 0.572. The molecule has 0 spiro atoms. The van der Waals surface area contributed by atoms with Gasteiger partial charge in [-0.05, 0) is 12.3 Å². The summed E-state index contributed by atoms with van der Waals surface area (Å²) in [6, 6.07) is 0. The van der Waals surface area contributed by atoms with Crippen LogP contribution in [0.15, 0.2) is 0 Å². The zero-order valence-electron chi connectivity index (χ0n) is 6.01. The van der Waals surface area contributed by atoms with Crippen molar-refractivity contribution < 1.29 is 9.53 Å². The van der Waals surface area contributed by atoms with Gasteiger partial charge in [0.2, 0.25) is 0 Å². The van der Waals surface area contributed by atoms with E-state index < -0.39 is 0 Å². The Balaban J connectivity index is 1.84. The van der Waals surface area contributed by atoms with E-state index in [2.05, 4.69) is 0 Å². The van der Waals surface area contributed by atoms with E-state index in [1.165, 1.54) is 12.8 Å². The highest BCUT2D eigenvalue weighted by Crippen LogP contribution is 2.36. The Morgan fingerprint density at radius 2 is 2.30 bits per heavy atom. The van der Waals surface area contributed by atoms with Gasteiger partial charge in [0.1, 0.15) is 6.61 Å². The van der Waals surface area contributed by atoms with Crippen LogP contribution in [0.2, 0.25) is 0 Å². The normalized spacial score (nSPS) is 33.2. The van der Waals surface area contributed by atoms with E-state index in [0.29, 0.717) is 19.0 Å². The largest absolute Gasteiger partial charge is 0.373 e. The number of rotatable bonds is 2. The molecule has 1 saturated carbocycles. The summed E-state index contributed by atoms with van der Waals surface area (Å²) in [7, 11) is 0. The van der Waals surface area contributed by atoms with Crippen LogP contribution >= 0.6 is 0 Å². The van der Waals surface area contributed by atoms with Crippen LogP contribution in [0.5, 0.6) is 0 Å². The summed E-state index contributed by atoms with van der Waals surface area (Å²) < 4.78 is 5.05. The average Bonchev–Trinajstić information content (AvgIpc) is 2.62. The van der Waals surface area contributed by atoms with Gasteiger partial charge in [0.05, 0.1) is 6.61 Å². The molecule has 2 heteroatoms. The van der Waals surface area contributed by atoms with Gasteiger partial charge in [0.15, 0.2) is 5.78 Å². The van der Waals surface area contributed by atoms with E-state index in [0.717, 1.165) is 12.3 Å². The standard InChI is InChI=1S/C8H12O2/c9-8-5-10-4-7(8)3-6-1-2-6/h6-7H,1-5H2. The fourth-order valence-corrected chi connectivity index (χ4v) is 1.47. The maximum absolute atomic E-state index is 11.0. The molecular formula is C8H12O2. The third-order valence-electron chi connectivity index (χ3n) is 2.33. The van der Waals surface area contributed by atoms with E-state index >= 15 is 0 Å². The van der Waals surface area contributed by atoms with Crippen LogP contribution in [-0.2, 0) is 9.53 Å². The van der Waals surface area contributed by atoms with Crippen molar-refractivity contribution in [2.24, 2.45) is 11.8 Å². The summed E-state index contributed by atoms with van der Waals surface area (Å²) in [5.74, 6) is 1.44. The lowest BCUT2D eigenvalue weighted by atomic mass is 10.0. The SMILES string of the molecule is O=C1COCC1CC1CC1. The van der Waals surface area contributed by atoms with E-state index in [1.54, 1.807) is 0 Å². The third-order valence-corrected chi connectivity index (χ3v) is 2.33. The number of ketones is 1. The molecule has 56 valence electrons. The Labute approximate surface area is 60.6 Å². The van der Waals surface area contributed by atoms with Gasteiger partial charge in [-0.25, -0.2) is 0 Å². The molecule has 0 N–H and O–H groups in total. The van der Waals surface area contributed by atoms with Crippen molar-refractivity contribution >= 4 is 5.78 Å². The van der Waals surface area contributed by atoms with Gasteiger partial charge in [-0.2, -0.15) is 0 Å². The minimum atomic E-state index is 0.257. The summed E-state index contributed by atoms with van der Waals surface area (Å²) in [6.45, 7) is 1.06. The van der Waals surface area contributed by atoms with Crippen molar-refractivity contribution in [3.05, 3.63) is 0 Å². The van der Waals surface area contributed by atoms with Crippen LogP contribution in [0.4, 0.5) is 0 Å². The Hall–Kier alpha value is -0.370. The van der Waals surface area contributed by atoms with Crippen molar-refractivity contribution in [1.82, 2.24) is 0 Å². The molecule has 2 rings (SSSR count). The average molecular weight is 140 g/mol. The Morgan fingerprint density at radius 3 is 2.80 bits per heavy atom. The lowest BCUT2D eigenvalue weighted by molar-refractivity contribution is -0.120. The van der Waals surface area contributed by atoms with Crippen LogP contribution in [0.25, 0.3) is 0 Å². The summed E-state index contributed by atoms with van der Waals surface area (Å²) in [4.78, 5) is 11.0. The summed E-state index contributed by atoms with van der Waals surface area (Å²) in [5.41, 5.74) is 0. The van der Waals surface area contributed by atoms with E-state index in [9.17, 15) is 4.79 Å². The Morgan fingerprint density at radius 1 is 1.50 bits per heavy atom. The molecule has 0 bridgehead atoms. The van der Waals surface area contributed by atoms with E-state index in [4.69, 9.17) is 4.74 Å². The highest BCUT2D eigenvalue weighted by atomic mass is 16.5. The fourth-order valence-electron chi connectivity index (χ4n) is 1.47. The molecule has 1 aliphatic heterocycles. The van der Waals surface area contributed by atoms with Gasteiger partial charge in [-0.3, -0.25) is 4.79 Å². The lowest BCUT2D eigenvalue weighted by Gasteiger charge is -2.01. The zero-order valence-corrected chi connectivity index (χ0v) is 6.01. The van der Waals surface area contributed by atoms with Crippen molar-refractivity contribution in [1.29, 1.82) is 0 Å². The van der Waals surface area contributed by atoms with Crippen LogP contribution in [-0.4, -0.2) is 19.0 Å². The van der Waals surface area contributed by atoms with E-state index in [-0.39, 0.29) is 5.92 Å². The molecule has 1 heterocycles. The minimum Gasteiger partial charge on any atom is -0.373 e. The smallest absolute Gasteiger partial charge is 0.163 e. The van der Waals surface area contributed by atoms with Gasteiger partial charge < -0.3 is 4.74 Å². The van der Waals surface area contributed by atoms with Gasteiger partial charge in [-0.15, -0.1) is 0 Å².